The van der Waals surface area contributed by atoms with Crippen molar-refractivity contribution in [1.82, 2.24) is 15.5 Å². The molecule has 8 heteroatoms. The molecule has 2 aromatic rings. The Morgan fingerprint density at radius 2 is 1.86 bits per heavy atom. The first kappa shape index (κ1) is 22.3. The molecule has 0 bridgehead atoms. The molecule has 2 atom stereocenters. The zero-order valence-corrected chi connectivity index (χ0v) is 18.4. The maximum absolute atomic E-state index is 12.8. The van der Waals surface area contributed by atoms with Gasteiger partial charge in [-0.2, -0.15) is 0 Å². The van der Waals surface area contributed by atoms with Crippen molar-refractivity contribution in [3.05, 3.63) is 29.8 Å². The highest BCUT2D eigenvalue weighted by Crippen LogP contribution is 2.27. The van der Waals surface area contributed by atoms with Crippen LogP contribution in [0.2, 0.25) is 0 Å². The van der Waals surface area contributed by atoms with Crippen molar-refractivity contribution in [2.75, 3.05) is 11.2 Å². The van der Waals surface area contributed by atoms with Gasteiger partial charge in [-0.05, 0) is 26.7 Å². The van der Waals surface area contributed by atoms with Crippen molar-refractivity contribution in [3.8, 4) is 10.6 Å². The molecule has 1 aromatic carbocycles. The van der Waals surface area contributed by atoms with Gasteiger partial charge in [-0.25, -0.2) is 0 Å². The van der Waals surface area contributed by atoms with Crippen molar-refractivity contribution < 1.29 is 9.59 Å². The number of benzene rings is 1. The second kappa shape index (κ2) is 9.47. The molecular weight excluding hydrogens is 396 g/mol. The van der Waals surface area contributed by atoms with Gasteiger partial charge < -0.3 is 5.32 Å². The molecule has 0 aliphatic heterocycles. The quantitative estimate of drug-likeness (QED) is 0.623. The highest BCUT2D eigenvalue weighted by Gasteiger charge is 2.33. The minimum absolute atomic E-state index is 0.0421. The van der Waals surface area contributed by atoms with E-state index < -0.39 is 11.5 Å². The van der Waals surface area contributed by atoms with Gasteiger partial charge in [-0.15, -0.1) is 21.8 Å². The van der Waals surface area contributed by atoms with Gasteiger partial charge in [0.15, 0.2) is 0 Å². The Kier molecular flexibility index (Phi) is 7.55. The van der Waals surface area contributed by atoms with E-state index in [4.69, 9.17) is 11.6 Å². The minimum Gasteiger partial charge on any atom is -0.344 e. The fourth-order valence-electron chi connectivity index (χ4n) is 2.37. The number of rotatable bonds is 8. The third-order valence-corrected chi connectivity index (χ3v) is 6.24. The van der Waals surface area contributed by atoms with E-state index in [1.54, 1.807) is 13.8 Å². The maximum atomic E-state index is 12.8. The predicted molar refractivity (Wildman–Crippen MR) is 115 cm³/mol. The number of aromatic nitrogens is 2. The molecule has 0 fully saturated rings. The molecule has 0 aliphatic rings. The third kappa shape index (κ3) is 5.52. The Morgan fingerprint density at radius 1 is 1.21 bits per heavy atom. The lowest BCUT2D eigenvalue weighted by Crippen LogP contribution is -2.51. The average molecular weight is 423 g/mol. The molecule has 2 amide bonds. The molecule has 0 saturated heterocycles. The molecule has 0 spiro atoms. The number of hydrogen-bond acceptors (Lipinski definition) is 5. The fourth-order valence-corrected chi connectivity index (χ4v) is 3.24. The van der Waals surface area contributed by atoms with Crippen LogP contribution in [0.4, 0.5) is 5.13 Å². The van der Waals surface area contributed by atoms with Crippen molar-refractivity contribution in [3.63, 3.8) is 0 Å². The number of aryl methyl sites for hydroxylation is 1. The van der Waals surface area contributed by atoms with Crippen molar-refractivity contribution in [2.45, 2.75) is 47.1 Å². The number of nitrogens with zero attached hydrogens (tertiary/aromatic N) is 2. The van der Waals surface area contributed by atoms with E-state index in [9.17, 15) is 9.59 Å². The Labute approximate surface area is 175 Å². The van der Waals surface area contributed by atoms with Crippen LogP contribution in [0, 0.1) is 18.3 Å². The number of carbonyl (C=O) groups excluding carboxylic acids is 2. The average Bonchev–Trinajstić information content (AvgIpc) is 3.13. The van der Waals surface area contributed by atoms with Crippen LogP contribution < -0.4 is 10.6 Å². The molecule has 0 aliphatic carbocycles. The van der Waals surface area contributed by atoms with Gasteiger partial charge in [0, 0.05) is 11.4 Å². The summed E-state index contributed by atoms with van der Waals surface area (Å²) in [7, 11) is 0. The van der Waals surface area contributed by atoms with Gasteiger partial charge in [-0.1, -0.05) is 61.4 Å². The standard InChI is InChI=1S/C20H27ClN4O2S/c1-6-13(3)15(22-18(27)20(4,5)11-21)16(26)23-19-25-24-17(28-19)14-9-7-12(2)8-10-14/h7-10,13,15H,6,11H2,1-5H3,(H,22,27)(H,23,25,26)/t13-,15-/m0/s1. The summed E-state index contributed by atoms with van der Waals surface area (Å²) in [4.78, 5) is 25.3. The highest BCUT2D eigenvalue weighted by atomic mass is 35.5. The van der Waals surface area contributed by atoms with Crippen molar-refractivity contribution in [1.29, 1.82) is 0 Å². The Bertz CT molecular complexity index is 820. The first-order valence-electron chi connectivity index (χ1n) is 9.26. The highest BCUT2D eigenvalue weighted by molar-refractivity contribution is 7.18. The molecule has 1 heterocycles. The zero-order chi connectivity index (χ0) is 20.9. The fraction of sp³-hybridized carbons (Fsp3) is 0.500. The number of carbonyl (C=O) groups is 2. The largest absolute Gasteiger partial charge is 0.344 e. The van der Waals surface area contributed by atoms with Crippen LogP contribution in [-0.4, -0.2) is 33.9 Å². The summed E-state index contributed by atoms with van der Waals surface area (Å²) in [6.45, 7) is 9.42. The van der Waals surface area contributed by atoms with Gasteiger partial charge in [0.2, 0.25) is 16.9 Å². The summed E-state index contributed by atoms with van der Waals surface area (Å²) in [5.74, 6) is -0.427. The van der Waals surface area contributed by atoms with Gasteiger partial charge in [0.25, 0.3) is 0 Å². The smallest absolute Gasteiger partial charge is 0.249 e. The topological polar surface area (TPSA) is 84.0 Å². The van der Waals surface area contributed by atoms with E-state index in [1.807, 2.05) is 45.0 Å². The van der Waals surface area contributed by atoms with Crippen LogP contribution in [0.15, 0.2) is 24.3 Å². The Balaban J connectivity index is 2.13. The molecule has 28 heavy (non-hydrogen) atoms. The summed E-state index contributed by atoms with van der Waals surface area (Å²) in [5.41, 5.74) is 1.35. The summed E-state index contributed by atoms with van der Waals surface area (Å²) in [5, 5.41) is 15.0. The molecule has 6 nitrogen and oxygen atoms in total. The molecule has 0 radical (unpaired) electrons. The first-order chi connectivity index (χ1) is 13.2. The normalized spacial score (nSPS) is 13.6. The van der Waals surface area contributed by atoms with Gasteiger partial charge in [-0.3, -0.25) is 14.9 Å². The monoisotopic (exact) mass is 422 g/mol. The molecule has 0 unspecified atom stereocenters. The van der Waals surface area contributed by atoms with E-state index in [-0.39, 0.29) is 23.6 Å². The number of hydrogen-bond donors (Lipinski definition) is 2. The minimum atomic E-state index is -0.755. The van der Waals surface area contributed by atoms with Gasteiger partial charge in [0.1, 0.15) is 11.0 Å². The SMILES string of the molecule is CC[C@H](C)[C@H](NC(=O)C(C)(C)CCl)C(=O)Nc1nnc(-c2ccc(C)cc2)s1. The second-order valence-corrected chi connectivity index (χ2v) is 8.87. The molecule has 2 rings (SSSR count). The van der Waals surface area contributed by atoms with Gasteiger partial charge >= 0.3 is 0 Å². The summed E-state index contributed by atoms with van der Waals surface area (Å²) in [6.07, 6.45) is 0.740. The summed E-state index contributed by atoms with van der Waals surface area (Å²) in [6, 6.07) is 7.27. The van der Waals surface area contributed by atoms with Crippen LogP contribution in [0.1, 0.15) is 39.7 Å². The van der Waals surface area contributed by atoms with E-state index in [0.717, 1.165) is 22.6 Å². The third-order valence-electron chi connectivity index (χ3n) is 4.68. The van der Waals surface area contributed by atoms with E-state index in [0.29, 0.717) is 5.13 Å². The molecule has 152 valence electrons. The Hall–Kier alpha value is -1.99. The summed E-state index contributed by atoms with van der Waals surface area (Å²) < 4.78 is 0. The van der Waals surface area contributed by atoms with E-state index in [2.05, 4.69) is 20.8 Å². The van der Waals surface area contributed by atoms with Crippen LogP contribution >= 0.6 is 22.9 Å². The van der Waals surface area contributed by atoms with E-state index >= 15 is 0 Å². The molecule has 1 aromatic heterocycles. The molecular formula is C20H27ClN4O2S. The maximum Gasteiger partial charge on any atom is 0.249 e. The van der Waals surface area contributed by atoms with Gasteiger partial charge in [0.05, 0.1) is 5.41 Å². The number of amides is 2. The van der Waals surface area contributed by atoms with Crippen LogP contribution in [0.5, 0.6) is 0 Å². The van der Waals surface area contributed by atoms with Crippen LogP contribution in [0.3, 0.4) is 0 Å². The lowest BCUT2D eigenvalue weighted by molar-refractivity contribution is -0.132. The Morgan fingerprint density at radius 3 is 2.43 bits per heavy atom. The number of alkyl halides is 1. The van der Waals surface area contributed by atoms with Crippen LogP contribution in [-0.2, 0) is 9.59 Å². The zero-order valence-electron chi connectivity index (χ0n) is 16.9. The predicted octanol–water partition coefficient (Wildman–Crippen LogP) is 4.25. The first-order valence-corrected chi connectivity index (χ1v) is 10.6. The lowest BCUT2D eigenvalue weighted by Gasteiger charge is -2.28. The van der Waals surface area contributed by atoms with Crippen LogP contribution in [0.25, 0.3) is 10.6 Å². The van der Waals surface area contributed by atoms with E-state index in [1.165, 1.54) is 11.3 Å². The number of halogens is 1. The number of anilines is 1. The van der Waals surface area contributed by atoms with Crippen molar-refractivity contribution >= 4 is 39.9 Å². The summed E-state index contributed by atoms with van der Waals surface area (Å²) >= 11 is 7.18. The second-order valence-electron chi connectivity index (χ2n) is 7.62. The lowest BCUT2D eigenvalue weighted by atomic mass is 9.92. The van der Waals surface area contributed by atoms with Crippen molar-refractivity contribution in [2.24, 2.45) is 11.3 Å². The molecule has 2 N–H and O–H groups in total. The molecule has 0 saturated carbocycles. The number of nitrogens with one attached hydrogen (secondary N) is 2.